The molecular weight excluding hydrogens is 190 g/mol. The molecule has 3 heteroatoms. The first-order valence-electron chi connectivity index (χ1n) is 5.80. The van der Waals surface area contributed by atoms with Crippen molar-refractivity contribution < 1.29 is 9.90 Å². The Bertz CT molecular complexity index is 246. The van der Waals surface area contributed by atoms with Crippen molar-refractivity contribution >= 4 is 5.91 Å². The highest BCUT2D eigenvalue weighted by molar-refractivity contribution is 5.82. The van der Waals surface area contributed by atoms with Crippen molar-refractivity contribution in [2.45, 2.75) is 52.6 Å². The van der Waals surface area contributed by atoms with Gasteiger partial charge in [0, 0.05) is 18.5 Å². The van der Waals surface area contributed by atoms with E-state index >= 15 is 0 Å². The van der Waals surface area contributed by atoms with Crippen LogP contribution in [0.5, 0.6) is 0 Å². The molecular formula is C12H23NO2. The van der Waals surface area contributed by atoms with E-state index in [1.165, 1.54) is 0 Å². The normalized spacial score (nSPS) is 27.9. The summed E-state index contributed by atoms with van der Waals surface area (Å²) in [5.41, 5.74) is -0.995. The molecule has 1 fully saturated rings. The number of β-amino-alcohol motifs (C(OH)–C–C–N with tert-alkyl or cyclic N) is 1. The molecule has 3 nitrogen and oxygen atoms in total. The summed E-state index contributed by atoms with van der Waals surface area (Å²) in [5, 5.41) is 9.94. The van der Waals surface area contributed by atoms with Gasteiger partial charge in [-0.05, 0) is 26.2 Å². The Hall–Kier alpha value is -0.570. The molecule has 1 heterocycles. The number of carbonyl (C=O) groups is 1. The van der Waals surface area contributed by atoms with Gasteiger partial charge in [0.25, 0.3) is 0 Å². The zero-order chi connectivity index (χ0) is 11.7. The third kappa shape index (κ3) is 2.94. The Kier molecular flexibility index (Phi) is 3.44. The molecule has 0 aromatic heterocycles. The Balaban J connectivity index is 2.68. The van der Waals surface area contributed by atoms with Crippen molar-refractivity contribution in [3.05, 3.63) is 0 Å². The van der Waals surface area contributed by atoms with Gasteiger partial charge in [-0.2, -0.15) is 0 Å². The van der Waals surface area contributed by atoms with Gasteiger partial charge in [-0.1, -0.05) is 20.8 Å². The maximum absolute atomic E-state index is 12.2. The van der Waals surface area contributed by atoms with Crippen LogP contribution in [0, 0.1) is 5.41 Å². The molecule has 0 bridgehead atoms. The molecule has 0 spiro atoms. The van der Waals surface area contributed by atoms with Crippen LogP contribution < -0.4 is 0 Å². The van der Waals surface area contributed by atoms with E-state index in [0.29, 0.717) is 6.54 Å². The van der Waals surface area contributed by atoms with Crippen LogP contribution in [0.1, 0.15) is 47.0 Å². The molecule has 1 amide bonds. The van der Waals surface area contributed by atoms with Gasteiger partial charge in [-0.25, -0.2) is 0 Å². The molecule has 1 atom stereocenters. The van der Waals surface area contributed by atoms with Crippen molar-refractivity contribution in [2.75, 3.05) is 13.1 Å². The highest BCUT2D eigenvalue weighted by Gasteiger charge is 2.36. The lowest BCUT2D eigenvalue weighted by Gasteiger charge is -2.40. The number of aliphatic hydroxyl groups is 1. The topological polar surface area (TPSA) is 40.5 Å². The minimum absolute atomic E-state index is 0.171. The fraction of sp³-hybridized carbons (Fsp3) is 0.917. The largest absolute Gasteiger partial charge is 0.388 e. The lowest BCUT2D eigenvalue weighted by atomic mass is 9.86. The van der Waals surface area contributed by atoms with Crippen LogP contribution >= 0.6 is 0 Å². The van der Waals surface area contributed by atoms with Crippen molar-refractivity contribution in [2.24, 2.45) is 5.41 Å². The van der Waals surface area contributed by atoms with Gasteiger partial charge < -0.3 is 10.0 Å². The molecule has 1 unspecified atom stereocenters. The van der Waals surface area contributed by atoms with Crippen molar-refractivity contribution in [3.63, 3.8) is 0 Å². The molecule has 1 aliphatic heterocycles. The molecule has 0 aromatic rings. The zero-order valence-electron chi connectivity index (χ0n) is 10.3. The Morgan fingerprint density at radius 3 is 2.60 bits per heavy atom. The molecule has 1 rings (SSSR count). The summed E-state index contributed by atoms with van der Waals surface area (Å²) in [7, 11) is 0. The fourth-order valence-electron chi connectivity index (χ4n) is 1.97. The van der Waals surface area contributed by atoms with Crippen LogP contribution in [0.15, 0.2) is 0 Å². The van der Waals surface area contributed by atoms with Gasteiger partial charge in [0.05, 0.1) is 5.60 Å². The fourth-order valence-corrected chi connectivity index (χ4v) is 1.97. The first-order valence-corrected chi connectivity index (χ1v) is 5.80. The predicted octanol–water partition coefficient (Wildman–Crippen LogP) is 1.80. The van der Waals surface area contributed by atoms with Crippen molar-refractivity contribution in [1.29, 1.82) is 0 Å². The number of hydrogen-bond donors (Lipinski definition) is 1. The van der Waals surface area contributed by atoms with Gasteiger partial charge in [0.2, 0.25) is 5.91 Å². The van der Waals surface area contributed by atoms with Crippen LogP contribution in [0.4, 0.5) is 0 Å². The van der Waals surface area contributed by atoms with E-state index in [1.54, 1.807) is 0 Å². The average molecular weight is 213 g/mol. The Morgan fingerprint density at radius 2 is 2.13 bits per heavy atom. The van der Waals surface area contributed by atoms with Gasteiger partial charge in [0.1, 0.15) is 0 Å². The number of carbonyl (C=O) groups excluding carboxylic acids is 1. The van der Waals surface area contributed by atoms with E-state index in [4.69, 9.17) is 0 Å². The van der Waals surface area contributed by atoms with Gasteiger partial charge >= 0.3 is 0 Å². The summed E-state index contributed by atoms with van der Waals surface area (Å²) in [5.74, 6) is 0.171. The summed E-state index contributed by atoms with van der Waals surface area (Å²) in [4.78, 5) is 14.0. The number of nitrogens with zero attached hydrogens (tertiary/aromatic N) is 1. The summed E-state index contributed by atoms with van der Waals surface area (Å²) in [6.07, 6.45) is 2.53. The Morgan fingerprint density at radius 1 is 1.53 bits per heavy atom. The highest BCUT2D eigenvalue weighted by Crippen LogP contribution is 2.27. The summed E-state index contributed by atoms with van der Waals surface area (Å²) in [6.45, 7) is 9.05. The third-order valence-electron chi connectivity index (χ3n) is 3.42. The molecule has 0 aliphatic carbocycles. The molecule has 0 radical (unpaired) electrons. The minimum atomic E-state index is -0.697. The van der Waals surface area contributed by atoms with Crippen LogP contribution in [0.3, 0.4) is 0 Å². The smallest absolute Gasteiger partial charge is 0.228 e. The Labute approximate surface area is 92.5 Å². The first kappa shape index (κ1) is 12.5. The quantitative estimate of drug-likeness (QED) is 0.760. The van der Waals surface area contributed by atoms with Gasteiger partial charge in [0.15, 0.2) is 0 Å². The van der Waals surface area contributed by atoms with Crippen molar-refractivity contribution in [1.82, 2.24) is 4.90 Å². The molecule has 15 heavy (non-hydrogen) atoms. The predicted molar refractivity (Wildman–Crippen MR) is 60.5 cm³/mol. The molecule has 88 valence electrons. The van der Waals surface area contributed by atoms with Gasteiger partial charge in [-0.15, -0.1) is 0 Å². The van der Waals surface area contributed by atoms with E-state index in [-0.39, 0.29) is 11.3 Å². The average Bonchev–Trinajstić information content (AvgIpc) is 2.15. The third-order valence-corrected chi connectivity index (χ3v) is 3.42. The first-order chi connectivity index (χ1) is 6.78. The molecule has 1 saturated heterocycles. The number of amides is 1. The zero-order valence-corrected chi connectivity index (χ0v) is 10.3. The second-order valence-corrected chi connectivity index (χ2v) is 5.56. The maximum Gasteiger partial charge on any atom is 0.228 e. The van der Waals surface area contributed by atoms with E-state index in [2.05, 4.69) is 0 Å². The molecule has 0 aromatic carbocycles. The number of likely N-dealkylation sites (tertiary alicyclic amines) is 1. The van der Waals surface area contributed by atoms with Crippen LogP contribution in [0.25, 0.3) is 0 Å². The van der Waals surface area contributed by atoms with E-state index in [1.807, 2.05) is 32.6 Å². The van der Waals surface area contributed by atoms with E-state index < -0.39 is 5.60 Å². The number of hydrogen-bond acceptors (Lipinski definition) is 2. The number of rotatable bonds is 2. The van der Waals surface area contributed by atoms with Crippen LogP contribution in [-0.4, -0.2) is 34.6 Å². The van der Waals surface area contributed by atoms with E-state index in [0.717, 1.165) is 25.8 Å². The summed E-state index contributed by atoms with van der Waals surface area (Å²) >= 11 is 0. The monoisotopic (exact) mass is 213 g/mol. The highest BCUT2D eigenvalue weighted by atomic mass is 16.3. The van der Waals surface area contributed by atoms with Crippen LogP contribution in [0.2, 0.25) is 0 Å². The van der Waals surface area contributed by atoms with Crippen molar-refractivity contribution in [3.8, 4) is 0 Å². The molecule has 1 aliphatic rings. The SMILES string of the molecule is CCC(C)(C)C(=O)N1CCCC(C)(O)C1. The summed E-state index contributed by atoms with van der Waals surface area (Å²) < 4.78 is 0. The second kappa shape index (κ2) is 4.12. The molecule has 0 saturated carbocycles. The number of piperidine rings is 1. The molecule has 1 N–H and O–H groups in total. The standard InChI is InChI=1S/C12H23NO2/c1-5-11(2,3)10(14)13-8-6-7-12(4,15)9-13/h15H,5-9H2,1-4H3. The van der Waals surface area contributed by atoms with Gasteiger partial charge in [-0.3, -0.25) is 4.79 Å². The van der Waals surface area contributed by atoms with E-state index in [9.17, 15) is 9.90 Å². The second-order valence-electron chi connectivity index (χ2n) is 5.56. The summed E-state index contributed by atoms with van der Waals surface area (Å²) in [6, 6.07) is 0. The lowest BCUT2D eigenvalue weighted by molar-refractivity contribution is -0.146. The maximum atomic E-state index is 12.2. The minimum Gasteiger partial charge on any atom is -0.388 e. The lowest BCUT2D eigenvalue weighted by Crippen LogP contribution is -2.52. The van der Waals surface area contributed by atoms with Crippen LogP contribution in [-0.2, 0) is 4.79 Å².